The Balaban J connectivity index is 2.16. The minimum atomic E-state index is -0.432. The van der Waals surface area contributed by atoms with Crippen molar-refractivity contribution in [2.75, 3.05) is 13.1 Å². The molecule has 0 spiro atoms. The van der Waals surface area contributed by atoms with Crippen molar-refractivity contribution in [2.24, 2.45) is 0 Å². The van der Waals surface area contributed by atoms with Crippen molar-refractivity contribution >= 4 is 17.3 Å². The standard InChI is InChI=1S/C14H14N2O2/c1-9-4-5-15-13-10(16-6-2-3-7-16)8-11(17)14(18)12(9)13/h4-5,8H,2-3,6-7H2,1H3. The Kier molecular flexibility index (Phi) is 2.51. The number of nitrogens with zero attached hydrogens (tertiary/aromatic N) is 2. The third-order valence-electron chi connectivity index (χ3n) is 3.57. The van der Waals surface area contributed by atoms with Gasteiger partial charge in [-0.1, -0.05) is 0 Å². The molecule has 0 radical (unpaired) electrons. The normalized spacial score (nSPS) is 18.9. The van der Waals surface area contributed by atoms with Crippen LogP contribution < -0.4 is 0 Å². The largest absolute Gasteiger partial charge is 0.370 e. The molecule has 1 aliphatic carbocycles. The maximum absolute atomic E-state index is 11.9. The van der Waals surface area contributed by atoms with Crippen LogP contribution in [0.15, 0.2) is 18.3 Å². The Morgan fingerprint density at radius 3 is 2.67 bits per heavy atom. The minimum absolute atomic E-state index is 0.430. The van der Waals surface area contributed by atoms with E-state index in [0.717, 1.165) is 37.2 Å². The van der Waals surface area contributed by atoms with Crippen molar-refractivity contribution < 1.29 is 9.59 Å². The molecule has 0 saturated carbocycles. The molecule has 1 saturated heterocycles. The average molecular weight is 242 g/mol. The summed E-state index contributed by atoms with van der Waals surface area (Å²) in [5, 5.41) is 0. The van der Waals surface area contributed by atoms with E-state index >= 15 is 0 Å². The number of pyridine rings is 1. The minimum Gasteiger partial charge on any atom is -0.370 e. The monoisotopic (exact) mass is 242 g/mol. The van der Waals surface area contributed by atoms with Gasteiger partial charge in [-0.3, -0.25) is 14.6 Å². The van der Waals surface area contributed by atoms with Crippen LogP contribution in [-0.4, -0.2) is 34.5 Å². The number of aromatic nitrogens is 1. The molecule has 1 aliphatic heterocycles. The van der Waals surface area contributed by atoms with Gasteiger partial charge < -0.3 is 4.90 Å². The topological polar surface area (TPSA) is 50.3 Å². The number of allylic oxidation sites excluding steroid dienone is 1. The molecule has 0 unspecified atom stereocenters. The molecule has 0 amide bonds. The number of Topliss-reactive ketones (excluding diaryl/α,β-unsaturated/α-hetero) is 1. The van der Waals surface area contributed by atoms with Crippen LogP contribution in [0.25, 0.3) is 5.70 Å². The fraction of sp³-hybridized carbons (Fsp3) is 0.357. The van der Waals surface area contributed by atoms with Gasteiger partial charge in [-0.15, -0.1) is 0 Å². The third kappa shape index (κ3) is 1.56. The van der Waals surface area contributed by atoms with Crippen molar-refractivity contribution in [1.82, 2.24) is 9.88 Å². The lowest BCUT2D eigenvalue weighted by atomic mass is 9.93. The van der Waals surface area contributed by atoms with E-state index < -0.39 is 11.6 Å². The van der Waals surface area contributed by atoms with Crippen LogP contribution in [0.1, 0.15) is 34.5 Å². The van der Waals surface area contributed by atoms with Gasteiger partial charge in [0.1, 0.15) is 0 Å². The summed E-state index contributed by atoms with van der Waals surface area (Å²) in [6.45, 7) is 3.71. The zero-order chi connectivity index (χ0) is 12.7. The second kappa shape index (κ2) is 4.05. The number of likely N-dealkylation sites (tertiary alicyclic amines) is 1. The lowest BCUT2D eigenvalue weighted by molar-refractivity contribution is -0.111. The molecule has 3 rings (SSSR count). The van der Waals surface area contributed by atoms with E-state index in [0.29, 0.717) is 11.3 Å². The summed E-state index contributed by atoms with van der Waals surface area (Å²) < 4.78 is 0. The predicted molar refractivity (Wildman–Crippen MR) is 67.1 cm³/mol. The number of carbonyl (C=O) groups is 2. The zero-order valence-corrected chi connectivity index (χ0v) is 10.3. The highest BCUT2D eigenvalue weighted by Crippen LogP contribution is 2.30. The highest BCUT2D eigenvalue weighted by Gasteiger charge is 2.31. The number of hydrogen-bond acceptors (Lipinski definition) is 4. The Bertz CT molecular complexity index is 569. The highest BCUT2D eigenvalue weighted by atomic mass is 16.2. The molecule has 92 valence electrons. The summed E-state index contributed by atoms with van der Waals surface area (Å²) in [4.78, 5) is 30.2. The summed E-state index contributed by atoms with van der Waals surface area (Å²) in [6, 6.07) is 1.77. The summed E-state index contributed by atoms with van der Waals surface area (Å²) in [5.41, 5.74) is 2.78. The first-order valence-corrected chi connectivity index (χ1v) is 6.20. The third-order valence-corrected chi connectivity index (χ3v) is 3.57. The molecule has 0 aromatic carbocycles. The first-order valence-electron chi connectivity index (χ1n) is 6.20. The maximum Gasteiger partial charge on any atom is 0.235 e. The molecular formula is C14H14N2O2. The summed E-state index contributed by atoms with van der Waals surface area (Å²) in [7, 11) is 0. The van der Waals surface area contributed by atoms with E-state index in [1.807, 2.05) is 6.92 Å². The quantitative estimate of drug-likeness (QED) is 0.702. The van der Waals surface area contributed by atoms with Crippen LogP contribution in [0.2, 0.25) is 0 Å². The molecule has 18 heavy (non-hydrogen) atoms. The van der Waals surface area contributed by atoms with Crippen LogP contribution in [0.3, 0.4) is 0 Å². The van der Waals surface area contributed by atoms with E-state index in [2.05, 4.69) is 9.88 Å². The molecule has 0 atom stereocenters. The fourth-order valence-electron chi connectivity index (χ4n) is 2.62. The molecule has 2 aliphatic rings. The van der Waals surface area contributed by atoms with Crippen molar-refractivity contribution in [3.8, 4) is 0 Å². The van der Waals surface area contributed by atoms with Crippen LogP contribution in [-0.2, 0) is 4.79 Å². The van der Waals surface area contributed by atoms with E-state index in [1.54, 1.807) is 12.3 Å². The summed E-state index contributed by atoms with van der Waals surface area (Å²) in [6.07, 6.45) is 5.39. The van der Waals surface area contributed by atoms with Crippen LogP contribution >= 0.6 is 0 Å². The maximum atomic E-state index is 11.9. The second-order valence-electron chi connectivity index (χ2n) is 4.77. The van der Waals surface area contributed by atoms with E-state index in [1.165, 1.54) is 6.08 Å². The van der Waals surface area contributed by atoms with Gasteiger partial charge in [0.2, 0.25) is 11.6 Å². The predicted octanol–water partition coefficient (Wildman–Crippen LogP) is 1.59. The SMILES string of the molecule is Cc1ccnc2c1C(=O)C(=O)C=C2N1CCCC1. The number of ketones is 2. The molecule has 4 nitrogen and oxygen atoms in total. The average Bonchev–Trinajstić information content (AvgIpc) is 2.87. The van der Waals surface area contributed by atoms with Crippen molar-refractivity contribution in [1.29, 1.82) is 0 Å². The van der Waals surface area contributed by atoms with Gasteiger partial charge in [-0.25, -0.2) is 0 Å². The number of hydrogen-bond donors (Lipinski definition) is 0. The second-order valence-corrected chi connectivity index (χ2v) is 4.77. The van der Waals surface area contributed by atoms with Crippen LogP contribution in [0.5, 0.6) is 0 Å². The zero-order valence-electron chi connectivity index (χ0n) is 10.3. The molecule has 0 N–H and O–H groups in total. The van der Waals surface area contributed by atoms with Crippen LogP contribution in [0.4, 0.5) is 0 Å². The number of aryl methyl sites for hydroxylation is 1. The number of rotatable bonds is 1. The lowest BCUT2D eigenvalue weighted by Crippen LogP contribution is -2.28. The molecule has 1 fully saturated rings. The van der Waals surface area contributed by atoms with E-state index in [4.69, 9.17) is 0 Å². The Morgan fingerprint density at radius 1 is 1.22 bits per heavy atom. The summed E-state index contributed by atoms with van der Waals surface area (Å²) >= 11 is 0. The van der Waals surface area contributed by atoms with Gasteiger partial charge in [-0.2, -0.15) is 0 Å². The van der Waals surface area contributed by atoms with Crippen LogP contribution in [0, 0.1) is 6.92 Å². The van der Waals surface area contributed by atoms with E-state index in [9.17, 15) is 9.59 Å². The molecule has 2 heterocycles. The van der Waals surface area contributed by atoms with E-state index in [-0.39, 0.29) is 0 Å². The lowest BCUT2D eigenvalue weighted by Gasteiger charge is -2.25. The first kappa shape index (κ1) is 11.1. The van der Waals surface area contributed by atoms with Crippen molar-refractivity contribution in [2.45, 2.75) is 19.8 Å². The van der Waals surface area contributed by atoms with Gasteiger partial charge in [0.05, 0.1) is 17.0 Å². The summed E-state index contributed by atoms with van der Waals surface area (Å²) in [5.74, 6) is -0.862. The Morgan fingerprint density at radius 2 is 1.94 bits per heavy atom. The molecule has 1 aromatic rings. The van der Waals surface area contributed by atoms with Crippen molar-refractivity contribution in [3.63, 3.8) is 0 Å². The van der Waals surface area contributed by atoms with Gasteiger partial charge in [0, 0.05) is 25.4 Å². The first-order chi connectivity index (χ1) is 8.68. The van der Waals surface area contributed by atoms with Gasteiger partial charge in [-0.05, 0) is 31.4 Å². The Labute approximate surface area is 105 Å². The molecule has 4 heteroatoms. The highest BCUT2D eigenvalue weighted by molar-refractivity contribution is 6.50. The molecule has 1 aromatic heterocycles. The van der Waals surface area contributed by atoms with Gasteiger partial charge >= 0.3 is 0 Å². The van der Waals surface area contributed by atoms with Gasteiger partial charge in [0.15, 0.2) is 0 Å². The Hall–Kier alpha value is -1.97. The fourth-order valence-corrected chi connectivity index (χ4v) is 2.62. The molecule has 0 bridgehead atoms. The van der Waals surface area contributed by atoms with Gasteiger partial charge in [0.25, 0.3) is 0 Å². The number of carbonyl (C=O) groups excluding carboxylic acids is 2. The number of fused-ring (bicyclic) bond motifs is 1. The van der Waals surface area contributed by atoms with Crippen molar-refractivity contribution in [3.05, 3.63) is 35.2 Å². The molecular weight excluding hydrogens is 228 g/mol. The smallest absolute Gasteiger partial charge is 0.235 e.